The zero-order chi connectivity index (χ0) is 14.0. The fraction of sp³-hybridized carbons (Fsp3) is 0. The molecule has 0 aliphatic carbocycles. The largest absolute Gasteiger partial charge is 0.507 e. The average Bonchev–Trinajstić information content (AvgIpc) is 2.80. The topological polar surface area (TPSA) is 86.6 Å². The molecule has 1 aromatic carbocycles. The monoisotopic (exact) mass is 341 g/mol. The van der Waals surface area contributed by atoms with Crippen molar-refractivity contribution in [2.24, 2.45) is 0 Å². The number of thiophene rings is 1. The number of rotatable bonds is 3. The third kappa shape index (κ3) is 3.12. The summed E-state index contributed by atoms with van der Waals surface area (Å²) in [5, 5.41) is 21.3. The number of phenolic OH excluding ortho intramolecular Hbond substituents is 1. The highest BCUT2D eigenvalue weighted by Crippen LogP contribution is 2.26. The Morgan fingerprint density at radius 1 is 1.21 bits per heavy atom. The number of carboxylic acids is 1. The van der Waals surface area contributed by atoms with Gasteiger partial charge in [0, 0.05) is 4.47 Å². The van der Waals surface area contributed by atoms with Crippen LogP contribution < -0.4 is 5.32 Å². The summed E-state index contributed by atoms with van der Waals surface area (Å²) in [6.45, 7) is 0. The standard InChI is InChI=1S/C12H8BrNO4S/c13-6-1-2-8(15)7(5-6)11(16)14-10-4-3-9(19-10)12(17)18/h1-5,15H,(H,14,16)(H,17,18). The summed E-state index contributed by atoms with van der Waals surface area (Å²) in [7, 11) is 0. The third-order valence-corrected chi connectivity index (χ3v) is 3.74. The van der Waals surface area contributed by atoms with Gasteiger partial charge < -0.3 is 15.5 Å². The van der Waals surface area contributed by atoms with Gasteiger partial charge in [0.05, 0.1) is 10.6 Å². The molecule has 0 radical (unpaired) electrons. The Labute approximate surface area is 120 Å². The number of amides is 1. The van der Waals surface area contributed by atoms with Gasteiger partial charge in [-0.25, -0.2) is 4.79 Å². The lowest BCUT2D eigenvalue weighted by molar-refractivity contribution is 0.0702. The molecule has 0 bridgehead atoms. The third-order valence-electron chi connectivity index (χ3n) is 2.26. The highest BCUT2D eigenvalue weighted by molar-refractivity contribution is 9.10. The average molecular weight is 342 g/mol. The number of nitrogens with one attached hydrogen (secondary N) is 1. The predicted molar refractivity (Wildman–Crippen MR) is 75.0 cm³/mol. The highest BCUT2D eigenvalue weighted by Gasteiger charge is 2.14. The molecule has 5 nitrogen and oxygen atoms in total. The van der Waals surface area contributed by atoms with Gasteiger partial charge in [0.2, 0.25) is 0 Å². The Kier molecular flexibility index (Phi) is 3.87. The van der Waals surface area contributed by atoms with Crippen LogP contribution in [0, 0.1) is 0 Å². The first-order chi connectivity index (χ1) is 8.97. The molecule has 0 aliphatic rings. The summed E-state index contributed by atoms with van der Waals surface area (Å²) in [6.07, 6.45) is 0. The van der Waals surface area contributed by atoms with E-state index in [-0.39, 0.29) is 16.2 Å². The van der Waals surface area contributed by atoms with Crippen molar-refractivity contribution in [3.63, 3.8) is 0 Å². The molecule has 0 saturated heterocycles. The number of aromatic carboxylic acids is 1. The van der Waals surface area contributed by atoms with Crippen molar-refractivity contribution in [1.82, 2.24) is 0 Å². The number of carbonyl (C=O) groups excluding carboxylic acids is 1. The van der Waals surface area contributed by atoms with Crippen molar-refractivity contribution < 1.29 is 19.8 Å². The number of benzene rings is 1. The van der Waals surface area contributed by atoms with Gasteiger partial charge in [-0.2, -0.15) is 0 Å². The van der Waals surface area contributed by atoms with Gasteiger partial charge in [-0.3, -0.25) is 4.79 Å². The molecule has 98 valence electrons. The zero-order valence-electron chi connectivity index (χ0n) is 9.38. The second-order valence-electron chi connectivity index (χ2n) is 3.58. The van der Waals surface area contributed by atoms with Crippen LogP contribution in [-0.4, -0.2) is 22.1 Å². The van der Waals surface area contributed by atoms with Crippen LogP contribution in [0.5, 0.6) is 5.75 Å². The van der Waals surface area contributed by atoms with E-state index in [1.807, 2.05) is 0 Å². The predicted octanol–water partition coefficient (Wildman–Crippen LogP) is 3.17. The lowest BCUT2D eigenvalue weighted by Gasteiger charge is -2.05. The minimum Gasteiger partial charge on any atom is -0.507 e. The minimum absolute atomic E-state index is 0.111. The van der Waals surface area contributed by atoms with Crippen LogP contribution >= 0.6 is 27.3 Å². The van der Waals surface area contributed by atoms with E-state index in [0.29, 0.717) is 9.47 Å². The normalized spacial score (nSPS) is 10.2. The van der Waals surface area contributed by atoms with E-state index < -0.39 is 11.9 Å². The molecule has 0 atom stereocenters. The van der Waals surface area contributed by atoms with Crippen molar-refractivity contribution in [3.05, 3.63) is 45.2 Å². The first-order valence-corrected chi connectivity index (χ1v) is 6.71. The van der Waals surface area contributed by atoms with Crippen molar-refractivity contribution in [2.45, 2.75) is 0 Å². The summed E-state index contributed by atoms with van der Waals surface area (Å²) in [6, 6.07) is 7.40. The minimum atomic E-state index is -1.05. The molecule has 0 aliphatic heterocycles. The molecule has 1 aromatic heterocycles. The maximum atomic E-state index is 11.9. The summed E-state index contributed by atoms with van der Waals surface area (Å²) in [5.41, 5.74) is 0.111. The maximum Gasteiger partial charge on any atom is 0.345 e. The van der Waals surface area contributed by atoms with Gasteiger partial charge in [-0.05, 0) is 30.3 Å². The van der Waals surface area contributed by atoms with Gasteiger partial charge in [0.15, 0.2) is 0 Å². The smallest absolute Gasteiger partial charge is 0.345 e. The van der Waals surface area contributed by atoms with E-state index in [0.717, 1.165) is 11.3 Å². The Bertz CT molecular complexity index is 653. The fourth-order valence-corrected chi connectivity index (χ4v) is 2.49. The number of phenols is 1. The SMILES string of the molecule is O=C(O)c1ccc(NC(=O)c2cc(Br)ccc2O)s1. The lowest BCUT2D eigenvalue weighted by atomic mass is 10.2. The van der Waals surface area contributed by atoms with Crippen LogP contribution in [0.1, 0.15) is 20.0 Å². The van der Waals surface area contributed by atoms with Gasteiger partial charge in [0.25, 0.3) is 5.91 Å². The molecule has 1 heterocycles. The van der Waals surface area contributed by atoms with Crippen LogP contribution in [0.15, 0.2) is 34.8 Å². The zero-order valence-corrected chi connectivity index (χ0v) is 11.8. The molecule has 0 saturated carbocycles. The van der Waals surface area contributed by atoms with Crippen molar-refractivity contribution in [2.75, 3.05) is 5.32 Å². The van der Waals surface area contributed by atoms with E-state index in [1.54, 1.807) is 6.07 Å². The summed E-state index contributed by atoms with van der Waals surface area (Å²) in [5.74, 6) is -1.69. The maximum absolute atomic E-state index is 11.9. The lowest BCUT2D eigenvalue weighted by Crippen LogP contribution is -2.11. The molecule has 1 amide bonds. The van der Waals surface area contributed by atoms with Crippen LogP contribution in [0.2, 0.25) is 0 Å². The van der Waals surface area contributed by atoms with Crippen molar-refractivity contribution in [3.8, 4) is 5.75 Å². The van der Waals surface area contributed by atoms with Crippen LogP contribution in [-0.2, 0) is 0 Å². The quantitative estimate of drug-likeness (QED) is 0.800. The van der Waals surface area contributed by atoms with E-state index in [9.17, 15) is 14.7 Å². The molecule has 19 heavy (non-hydrogen) atoms. The van der Waals surface area contributed by atoms with Crippen LogP contribution in [0.25, 0.3) is 0 Å². The van der Waals surface area contributed by atoms with Crippen molar-refractivity contribution >= 4 is 44.1 Å². The number of carboxylic acid groups (broad SMARTS) is 1. The van der Waals surface area contributed by atoms with Gasteiger partial charge in [-0.15, -0.1) is 11.3 Å². The first-order valence-electron chi connectivity index (χ1n) is 5.10. The van der Waals surface area contributed by atoms with E-state index in [4.69, 9.17) is 5.11 Å². The number of hydrogen-bond acceptors (Lipinski definition) is 4. The second kappa shape index (κ2) is 5.41. The molecule has 0 unspecified atom stereocenters. The number of hydrogen-bond donors (Lipinski definition) is 3. The molecular weight excluding hydrogens is 334 g/mol. The van der Waals surface area contributed by atoms with Gasteiger partial charge in [0.1, 0.15) is 10.6 Å². The second-order valence-corrected chi connectivity index (χ2v) is 5.58. The van der Waals surface area contributed by atoms with E-state index >= 15 is 0 Å². The van der Waals surface area contributed by atoms with E-state index in [1.165, 1.54) is 24.3 Å². The fourth-order valence-electron chi connectivity index (χ4n) is 1.39. The molecular formula is C12H8BrNO4S. The molecule has 2 aromatic rings. The van der Waals surface area contributed by atoms with Crippen molar-refractivity contribution in [1.29, 1.82) is 0 Å². The molecule has 0 fully saturated rings. The molecule has 3 N–H and O–H groups in total. The number of aromatic hydroxyl groups is 1. The summed E-state index contributed by atoms with van der Waals surface area (Å²) in [4.78, 5) is 22.8. The molecule has 2 rings (SSSR count). The Hall–Kier alpha value is -1.86. The number of halogens is 1. The Balaban J connectivity index is 2.20. The number of carbonyl (C=O) groups is 2. The van der Waals surface area contributed by atoms with E-state index in [2.05, 4.69) is 21.2 Å². The van der Waals surface area contributed by atoms with Gasteiger partial charge in [-0.1, -0.05) is 15.9 Å². The van der Waals surface area contributed by atoms with Crippen LogP contribution in [0.3, 0.4) is 0 Å². The Morgan fingerprint density at radius 3 is 2.58 bits per heavy atom. The molecule has 7 heteroatoms. The number of anilines is 1. The summed E-state index contributed by atoms with van der Waals surface area (Å²) < 4.78 is 0.660. The van der Waals surface area contributed by atoms with Gasteiger partial charge >= 0.3 is 5.97 Å². The van der Waals surface area contributed by atoms with Crippen LogP contribution in [0.4, 0.5) is 5.00 Å². The highest BCUT2D eigenvalue weighted by atomic mass is 79.9. The first kappa shape index (κ1) is 13.6. The summed E-state index contributed by atoms with van der Waals surface area (Å²) >= 11 is 4.16. The molecule has 0 spiro atoms. The Morgan fingerprint density at radius 2 is 1.95 bits per heavy atom.